The van der Waals surface area contributed by atoms with Gasteiger partial charge in [-0.05, 0) is 43.7 Å². The first kappa shape index (κ1) is 18.5. The van der Waals surface area contributed by atoms with Crippen LogP contribution in [0.2, 0.25) is 0 Å². The quantitative estimate of drug-likeness (QED) is 0.813. The molecule has 1 aromatic heterocycles. The molecule has 0 saturated heterocycles. The van der Waals surface area contributed by atoms with Crippen molar-refractivity contribution in [1.82, 2.24) is 4.90 Å². The third-order valence-electron chi connectivity index (χ3n) is 3.59. The van der Waals surface area contributed by atoms with Gasteiger partial charge in [0.15, 0.2) is 0 Å². The lowest BCUT2D eigenvalue weighted by Crippen LogP contribution is -2.34. The van der Waals surface area contributed by atoms with E-state index in [0.717, 1.165) is 21.9 Å². The molecule has 7 heteroatoms. The smallest absolute Gasteiger partial charge is 0.416 e. The first-order chi connectivity index (χ1) is 11.2. The lowest BCUT2D eigenvalue weighted by Gasteiger charge is -2.23. The summed E-state index contributed by atoms with van der Waals surface area (Å²) < 4.78 is 37.8. The highest BCUT2D eigenvalue weighted by molar-refractivity contribution is 7.15. The molecular weight excluding hydrogens is 339 g/mol. The van der Waals surface area contributed by atoms with Crippen molar-refractivity contribution in [3.05, 3.63) is 46.8 Å². The summed E-state index contributed by atoms with van der Waals surface area (Å²) in [7, 11) is 0. The van der Waals surface area contributed by atoms with Crippen LogP contribution in [0.4, 0.5) is 13.2 Å². The highest BCUT2D eigenvalue weighted by Crippen LogP contribution is 2.33. The van der Waals surface area contributed by atoms with Crippen molar-refractivity contribution < 1.29 is 23.1 Å². The van der Waals surface area contributed by atoms with E-state index in [-0.39, 0.29) is 12.6 Å². The Morgan fingerprint density at radius 3 is 2.29 bits per heavy atom. The van der Waals surface area contributed by atoms with E-state index in [9.17, 15) is 18.0 Å². The molecule has 0 unspecified atom stereocenters. The predicted molar refractivity (Wildman–Crippen MR) is 87.9 cm³/mol. The molecule has 1 heterocycles. The van der Waals surface area contributed by atoms with Crippen LogP contribution >= 0.6 is 11.3 Å². The molecule has 0 saturated carbocycles. The molecule has 1 aromatic carbocycles. The maximum atomic E-state index is 12.6. The zero-order chi connectivity index (χ0) is 17.9. The molecule has 0 fully saturated rings. The summed E-state index contributed by atoms with van der Waals surface area (Å²) >= 11 is 1.46. The fourth-order valence-corrected chi connectivity index (χ4v) is 3.28. The summed E-state index contributed by atoms with van der Waals surface area (Å²) in [5, 5.41) is 8.96. The van der Waals surface area contributed by atoms with Gasteiger partial charge in [-0.25, -0.2) is 0 Å². The average Bonchev–Trinajstić information content (AvgIpc) is 2.94. The number of benzene rings is 1. The van der Waals surface area contributed by atoms with E-state index in [0.29, 0.717) is 12.1 Å². The van der Waals surface area contributed by atoms with Gasteiger partial charge >= 0.3 is 12.1 Å². The van der Waals surface area contributed by atoms with Gasteiger partial charge in [0.2, 0.25) is 0 Å². The summed E-state index contributed by atoms with van der Waals surface area (Å²) in [6.45, 7) is 4.29. The minimum Gasteiger partial charge on any atom is -0.480 e. The summed E-state index contributed by atoms with van der Waals surface area (Å²) in [6.07, 6.45) is -4.34. The van der Waals surface area contributed by atoms with Crippen LogP contribution in [0.5, 0.6) is 0 Å². The summed E-state index contributed by atoms with van der Waals surface area (Å²) in [5.74, 6) is -0.886. The summed E-state index contributed by atoms with van der Waals surface area (Å²) in [4.78, 5) is 14.6. The first-order valence-corrected chi connectivity index (χ1v) is 8.20. The van der Waals surface area contributed by atoms with Crippen molar-refractivity contribution in [3.63, 3.8) is 0 Å². The van der Waals surface area contributed by atoms with Crippen LogP contribution in [0.25, 0.3) is 10.4 Å². The third kappa shape index (κ3) is 4.82. The van der Waals surface area contributed by atoms with Crippen LogP contribution in [0.1, 0.15) is 24.3 Å². The van der Waals surface area contributed by atoms with Crippen molar-refractivity contribution in [3.8, 4) is 10.4 Å². The first-order valence-electron chi connectivity index (χ1n) is 7.39. The van der Waals surface area contributed by atoms with Crippen LogP contribution in [-0.4, -0.2) is 28.6 Å². The fourth-order valence-electron chi connectivity index (χ4n) is 2.24. The van der Waals surface area contributed by atoms with Gasteiger partial charge in [0.1, 0.15) is 0 Å². The normalized spacial score (nSPS) is 12.1. The standard InChI is InChI=1S/C17H18F3NO2S/c1-11(2)21(10-16(22)23)9-14-7-8-15(24-14)12-3-5-13(6-4-12)17(18,19)20/h3-8,11H,9-10H2,1-2H3,(H,22,23). The van der Waals surface area contributed by atoms with E-state index in [1.807, 2.05) is 30.9 Å². The highest BCUT2D eigenvalue weighted by Gasteiger charge is 2.30. The highest BCUT2D eigenvalue weighted by atomic mass is 32.1. The molecule has 0 amide bonds. The van der Waals surface area contributed by atoms with Gasteiger partial charge in [-0.3, -0.25) is 9.69 Å². The molecule has 0 atom stereocenters. The zero-order valence-electron chi connectivity index (χ0n) is 13.3. The Bertz CT molecular complexity index is 693. The van der Waals surface area contributed by atoms with E-state index < -0.39 is 17.7 Å². The SMILES string of the molecule is CC(C)N(CC(=O)O)Cc1ccc(-c2ccc(C(F)(F)F)cc2)s1. The summed E-state index contributed by atoms with van der Waals surface area (Å²) in [5.41, 5.74) is 0.0454. The fraction of sp³-hybridized carbons (Fsp3) is 0.353. The van der Waals surface area contributed by atoms with Crippen LogP contribution < -0.4 is 0 Å². The molecule has 0 spiro atoms. The number of nitrogens with zero attached hydrogens (tertiary/aromatic N) is 1. The van der Waals surface area contributed by atoms with Crippen LogP contribution in [-0.2, 0) is 17.5 Å². The van der Waals surface area contributed by atoms with Gasteiger partial charge in [0.25, 0.3) is 0 Å². The number of carboxylic acid groups (broad SMARTS) is 1. The number of carboxylic acids is 1. The molecule has 0 aliphatic rings. The Balaban J connectivity index is 2.13. The van der Waals surface area contributed by atoms with Gasteiger partial charge in [-0.2, -0.15) is 13.2 Å². The van der Waals surface area contributed by atoms with Crippen LogP contribution in [0.3, 0.4) is 0 Å². The maximum Gasteiger partial charge on any atom is 0.416 e. The van der Waals surface area contributed by atoms with Crippen molar-refractivity contribution in [2.24, 2.45) is 0 Å². The van der Waals surface area contributed by atoms with Crippen molar-refractivity contribution in [2.45, 2.75) is 32.6 Å². The van der Waals surface area contributed by atoms with E-state index in [2.05, 4.69) is 0 Å². The minimum atomic E-state index is -4.34. The number of thiophene rings is 1. The van der Waals surface area contributed by atoms with E-state index in [1.165, 1.54) is 23.5 Å². The van der Waals surface area contributed by atoms with Gasteiger partial charge < -0.3 is 5.11 Å². The Kier molecular flexibility index (Phi) is 5.66. The Labute approximate surface area is 142 Å². The number of alkyl halides is 3. The number of hydrogen-bond donors (Lipinski definition) is 1. The van der Waals surface area contributed by atoms with Gasteiger partial charge in [-0.15, -0.1) is 11.3 Å². The van der Waals surface area contributed by atoms with Crippen molar-refractivity contribution in [2.75, 3.05) is 6.54 Å². The number of carbonyl (C=O) groups is 1. The molecule has 2 aromatic rings. The largest absolute Gasteiger partial charge is 0.480 e. The molecule has 2 rings (SSSR count). The van der Waals surface area contributed by atoms with Crippen molar-refractivity contribution in [1.29, 1.82) is 0 Å². The van der Waals surface area contributed by atoms with Gasteiger partial charge in [0, 0.05) is 22.3 Å². The average molecular weight is 357 g/mol. The van der Waals surface area contributed by atoms with E-state index in [1.54, 1.807) is 0 Å². The van der Waals surface area contributed by atoms with E-state index in [4.69, 9.17) is 5.11 Å². The minimum absolute atomic E-state index is 0.0504. The third-order valence-corrected chi connectivity index (χ3v) is 4.71. The number of rotatable bonds is 6. The predicted octanol–water partition coefficient (Wildman–Crippen LogP) is 4.73. The second-order valence-corrected chi connectivity index (χ2v) is 6.90. The molecule has 3 nitrogen and oxygen atoms in total. The summed E-state index contributed by atoms with van der Waals surface area (Å²) in [6, 6.07) is 8.86. The van der Waals surface area contributed by atoms with Gasteiger partial charge in [-0.1, -0.05) is 12.1 Å². The molecule has 24 heavy (non-hydrogen) atoms. The number of aliphatic carboxylic acids is 1. The lowest BCUT2D eigenvalue weighted by atomic mass is 10.1. The molecule has 0 radical (unpaired) electrons. The topological polar surface area (TPSA) is 40.5 Å². The molecule has 0 aliphatic heterocycles. The maximum absolute atomic E-state index is 12.6. The Morgan fingerprint density at radius 1 is 1.17 bits per heavy atom. The van der Waals surface area contributed by atoms with Gasteiger partial charge in [0.05, 0.1) is 12.1 Å². The lowest BCUT2D eigenvalue weighted by molar-refractivity contribution is -0.139. The Morgan fingerprint density at radius 2 is 1.79 bits per heavy atom. The molecule has 0 aliphatic carbocycles. The Hall–Kier alpha value is -1.86. The van der Waals surface area contributed by atoms with Crippen LogP contribution in [0, 0.1) is 0 Å². The second-order valence-electron chi connectivity index (χ2n) is 5.73. The molecule has 130 valence electrons. The molecule has 1 N–H and O–H groups in total. The second kappa shape index (κ2) is 7.36. The number of hydrogen-bond acceptors (Lipinski definition) is 3. The monoisotopic (exact) mass is 357 g/mol. The molecule has 0 bridgehead atoms. The van der Waals surface area contributed by atoms with Crippen molar-refractivity contribution >= 4 is 17.3 Å². The number of halogens is 3. The van der Waals surface area contributed by atoms with E-state index >= 15 is 0 Å². The zero-order valence-corrected chi connectivity index (χ0v) is 14.1. The molecular formula is C17H18F3NO2S. The van der Waals surface area contributed by atoms with Crippen LogP contribution in [0.15, 0.2) is 36.4 Å².